The lowest BCUT2D eigenvalue weighted by Crippen LogP contribution is -2.26. The number of H-pyrrole nitrogens is 1. The first-order valence-corrected chi connectivity index (χ1v) is 10.1. The summed E-state index contributed by atoms with van der Waals surface area (Å²) in [6.45, 7) is 3.40. The van der Waals surface area contributed by atoms with Gasteiger partial charge in [0.15, 0.2) is 6.10 Å². The van der Waals surface area contributed by atoms with Gasteiger partial charge in [-0.1, -0.05) is 30.3 Å². The Morgan fingerprint density at radius 3 is 2.55 bits per heavy atom. The van der Waals surface area contributed by atoms with Crippen molar-refractivity contribution in [3.05, 3.63) is 76.0 Å². The van der Waals surface area contributed by atoms with Crippen molar-refractivity contribution < 1.29 is 14.3 Å². The van der Waals surface area contributed by atoms with Crippen molar-refractivity contribution in [3.8, 4) is 0 Å². The van der Waals surface area contributed by atoms with Crippen LogP contribution in [0.3, 0.4) is 0 Å². The van der Waals surface area contributed by atoms with Gasteiger partial charge >= 0.3 is 5.97 Å². The first kappa shape index (κ1) is 20.5. The quantitative estimate of drug-likeness (QED) is 0.383. The Labute approximate surface area is 178 Å². The number of ether oxygens (including phenoxy) is 1. The van der Waals surface area contributed by atoms with Gasteiger partial charge in [0, 0.05) is 35.6 Å². The molecule has 0 aliphatic rings. The summed E-state index contributed by atoms with van der Waals surface area (Å²) in [5.74, 6) is -0.271. The molecule has 4 aromatic rings. The molecule has 0 fully saturated rings. The smallest absolute Gasteiger partial charge is 0.306 e. The van der Waals surface area contributed by atoms with E-state index in [4.69, 9.17) is 4.74 Å². The van der Waals surface area contributed by atoms with Gasteiger partial charge in [-0.2, -0.15) is 0 Å². The minimum absolute atomic E-state index is 0.0170. The lowest BCUT2D eigenvalue weighted by atomic mass is 10.0. The van der Waals surface area contributed by atoms with Crippen molar-refractivity contribution in [3.63, 3.8) is 0 Å². The molecule has 0 saturated heterocycles. The van der Waals surface area contributed by atoms with Crippen LogP contribution in [0.2, 0.25) is 0 Å². The van der Waals surface area contributed by atoms with Gasteiger partial charge in [-0.3, -0.25) is 19.0 Å². The Morgan fingerprint density at radius 2 is 1.77 bits per heavy atom. The predicted octanol–water partition coefficient (Wildman–Crippen LogP) is 3.47. The maximum absolute atomic E-state index is 12.9. The second-order valence-corrected chi connectivity index (χ2v) is 7.58. The number of ketones is 1. The number of hydrogen-bond acceptors (Lipinski definition) is 5. The molecule has 7 heteroatoms. The van der Waals surface area contributed by atoms with Gasteiger partial charge in [0.05, 0.1) is 17.3 Å². The molecule has 1 atom stereocenters. The number of fused-ring (bicyclic) bond motifs is 2. The molecule has 0 saturated carbocycles. The highest BCUT2D eigenvalue weighted by atomic mass is 16.5. The number of aryl methyl sites for hydroxylation is 2. The normalized spacial score (nSPS) is 12.2. The monoisotopic (exact) mass is 417 g/mol. The largest absolute Gasteiger partial charge is 0.454 e. The number of aromatic nitrogens is 3. The highest BCUT2D eigenvalue weighted by molar-refractivity contribution is 6.11. The molecule has 158 valence electrons. The van der Waals surface area contributed by atoms with E-state index in [2.05, 4.69) is 9.97 Å². The van der Waals surface area contributed by atoms with Crippen molar-refractivity contribution in [1.82, 2.24) is 14.5 Å². The number of para-hydroxylation sites is 2. The average Bonchev–Trinajstić information content (AvgIpc) is 3.10. The van der Waals surface area contributed by atoms with Gasteiger partial charge in [0.2, 0.25) is 5.78 Å². The summed E-state index contributed by atoms with van der Waals surface area (Å²) < 4.78 is 6.85. The fourth-order valence-corrected chi connectivity index (χ4v) is 3.81. The van der Waals surface area contributed by atoms with E-state index >= 15 is 0 Å². The van der Waals surface area contributed by atoms with Crippen LogP contribution in [0.15, 0.2) is 53.3 Å². The molecule has 2 aromatic carbocycles. The van der Waals surface area contributed by atoms with Crippen molar-refractivity contribution in [1.29, 1.82) is 0 Å². The molecule has 0 spiro atoms. The van der Waals surface area contributed by atoms with Crippen LogP contribution in [0.4, 0.5) is 0 Å². The van der Waals surface area contributed by atoms with Crippen LogP contribution in [0.5, 0.6) is 0 Å². The van der Waals surface area contributed by atoms with E-state index in [0.29, 0.717) is 22.3 Å². The second kappa shape index (κ2) is 8.18. The molecule has 31 heavy (non-hydrogen) atoms. The number of esters is 1. The number of nitrogens with one attached hydrogen (secondary N) is 1. The first-order chi connectivity index (χ1) is 14.9. The van der Waals surface area contributed by atoms with Crippen LogP contribution in [0.25, 0.3) is 21.8 Å². The lowest BCUT2D eigenvalue weighted by molar-refractivity contribution is -0.146. The zero-order valence-corrected chi connectivity index (χ0v) is 17.6. The fraction of sp³-hybridized carbons (Fsp3) is 0.250. The average molecular weight is 417 g/mol. The number of benzene rings is 2. The molecule has 0 aliphatic heterocycles. The molecule has 4 rings (SSSR count). The summed E-state index contributed by atoms with van der Waals surface area (Å²) in [6.07, 6.45) is -0.662. The van der Waals surface area contributed by atoms with E-state index in [-0.39, 0.29) is 24.2 Å². The van der Waals surface area contributed by atoms with E-state index in [1.165, 1.54) is 4.57 Å². The molecule has 1 unspecified atom stereocenters. The Hall–Kier alpha value is -3.74. The second-order valence-electron chi connectivity index (χ2n) is 7.58. The first-order valence-electron chi connectivity index (χ1n) is 10.1. The molecular formula is C24H23N3O4. The maximum Gasteiger partial charge on any atom is 0.306 e. The van der Waals surface area contributed by atoms with Crippen molar-refractivity contribution in [2.75, 3.05) is 0 Å². The summed E-state index contributed by atoms with van der Waals surface area (Å²) in [5, 5.41) is 1.34. The molecule has 0 radical (unpaired) electrons. The van der Waals surface area contributed by atoms with Crippen LogP contribution < -0.4 is 5.56 Å². The van der Waals surface area contributed by atoms with Crippen molar-refractivity contribution in [2.24, 2.45) is 7.05 Å². The Bertz CT molecular complexity index is 1370. The van der Waals surface area contributed by atoms with Crippen LogP contribution in [-0.2, 0) is 23.0 Å². The van der Waals surface area contributed by atoms with E-state index in [0.717, 1.165) is 16.6 Å². The molecule has 2 aromatic heterocycles. The number of hydrogen-bond donors (Lipinski definition) is 1. The zero-order valence-electron chi connectivity index (χ0n) is 17.6. The highest BCUT2D eigenvalue weighted by Crippen LogP contribution is 2.24. The molecule has 1 N–H and O–H groups in total. The van der Waals surface area contributed by atoms with E-state index in [1.54, 1.807) is 32.2 Å². The van der Waals surface area contributed by atoms with Crippen LogP contribution in [-0.4, -0.2) is 32.4 Å². The third-order valence-electron chi connectivity index (χ3n) is 5.45. The molecule has 0 amide bonds. The standard InChI is InChI=1S/C24H23N3O4/c1-14-22(16-8-4-6-10-18(16)25-14)23(29)15(2)31-21(28)13-12-20-26-19-11-7-5-9-17(19)24(30)27(20)3/h4-11,15,25H,12-13H2,1-3H3. The number of carbonyl (C=O) groups excluding carboxylic acids is 2. The van der Waals surface area contributed by atoms with Crippen LogP contribution in [0, 0.1) is 6.92 Å². The molecular weight excluding hydrogens is 394 g/mol. The topological polar surface area (TPSA) is 94.1 Å². The van der Waals surface area contributed by atoms with E-state index < -0.39 is 12.1 Å². The Kier molecular flexibility index (Phi) is 5.42. The van der Waals surface area contributed by atoms with Gasteiger partial charge in [-0.15, -0.1) is 0 Å². The van der Waals surface area contributed by atoms with Gasteiger partial charge in [-0.05, 0) is 32.0 Å². The maximum atomic E-state index is 12.9. The summed E-state index contributed by atoms with van der Waals surface area (Å²) in [4.78, 5) is 45.5. The molecule has 0 aliphatic carbocycles. The molecule has 0 bridgehead atoms. The van der Waals surface area contributed by atoms with Crippen molar-refractivity contribution >= 4 is 33.6 Å². The van der Waals surface area contributed by atoms with Crippen molar-refractivity contribution in [2.45, 2.75) is 32.8 Å². The van der Waals surface area contributed by atoms with E-state index in [9.17, 15) is 14.4 Å². The summed E-state index contributed by atoms with van der Waals surface area (Å²) in [7, 11) is 1.63. The van der Waals surface area contributed by atoms with Gasteiger partial charge < -0.3 is 9.72 Å². The van der Waals surface area contributed by atoms with Gasteiger partial charge in [0.1, 0.15) is 5.82 Å². The Balaban J connectivity index is 1.46. The highest BCUT2D eigenvalue weighted by Gasteiger charge is 2.24. The number of nitrogens with zero attached hydrogens (tertiary/aromatic N) is 2. The summed E-state index contributed by atoms with van der Waals surface area (Å²) in [6, 6.07) is 14.6. The Morgan fingerprint density at radius 1 is 1.10 bits per heavy atom. The number of rotatable bonds is 6. The van der Waals surface area contributed by atoms with Gasteiger partial charge in [0.25, 0.3) is 5.56 Å². The predicted molar refractivity (Wildman–Crippen MR) is 118 cm³/mol. The van der Waals surface area contributed by atoms with Crippen LogP contribution in [0.1, 0.15) is 35.2 Å². The SMILES string of the molecule is Cc1[nH]c2ccccc2c1C(=O)C(C)OC(=O)CCc1nc2ccccc2c(=O)n1C. The minimum Gasteiger partial charge on any atom is -0.454 e. The number of aromatic amines is 1. The van der Waals surface area contributed by atoms with E-state index in [1.807, 2.05) is 37.3 Å². The van der Waals surface area contributed by atoms with Gasteiger partial charge in [-0.25, -0.2) is 4.98 Å². The number of Topliss-reactive ketones (excluding diaryl/α,β-unsaturated/α-hetero) is 1. The summed E-state index contributed by atoms with van der Waals surface area (Å²) >= 11 is 0. The lowest BCUT2D eigenvalue weighted by Gasteiger charge is -2.13. The third-order valence-corrected chi connectivity index (χ3v) is 5.45. The molecule has 7 nitrogen and oxygen atoms in total. The molecule has 2 heterocycles. The minimum atomic E-state index is -0.918. The zero-order chi connectivity index (χ0) is 22.1. The van der Waals surface area contributed by atoms with Crippen LogP contribution >= 0.6 is 0 Å². The fourth-order valence-electron chi connectivity index (χ4n) is 3.81. The number of carbonyl (C=O) groups is 2. The third kappa shape index (κ3) is 3.86. The summed E-state index contributed by atoms with van der Waals surface area (Å²) in [5.41, 5.74) is 2.57.